The van der Waals surface area contributed by atoms with E-state index < -0.39 is 0 Å². The van der Waals surface area contributed by atoms with Crippen LogP contribution in [0, 0.1) is 26.6 Å². The molecular weight excluding hydrogens is 375 g/mol. The zero-order chi connectivity index (χ0) is 20.3. The molecule has 28 heavy (non-hydrogen) atoms. The highest BCUT2D eigenvalue weighted by Gasteiger charge is 2.23. The van der Waals surface area contributed by atoms with Crippen molar-refractivity contribution in [2.45, 2.75) is 34.3 Å². The summed E-state index contributed by atoms with van der Waals surface area (Å²) in [5.41, 5.74) is 3.84. The van der Waals surface area contributed by atoms with E-state index in [9.17, 15) is 9.18 Å². The minimum atomic E-state index is -0.309. The van der Waals surface area contributed by atoms with E-state index >= 15 is 0 Å². The van der Waals surface area contributed by atoms with Crippen LogP contribution in [0.3, 0.4) is 0 Å². The Morgan fingerprint density at radius 1 is 1.14 bits per heavy atom. The molecule has 6 heteroatoms. The van der Waals surface area contributed by atoms with Crippen molar-refractivity contribution in [1.29, 1.82) is 0 Å². The van der Waals surface area contributed by atoms with Gasteiger partial charge >= 0.3 is 0 Å². The van der Waals surface area contributed by atoms with Gasteiger partial charge in [-0.1, -0.05) is 17.7 Å². The van der Waals surface area contributed by atoms with Crippen LogP contribution in [0.5, 0.6) is 5.75 Å². The fourth-order valence-electron chi connectivity index (χ4n) is 3.04. The van der Waals surface area contributed by atoms with E-state index in [1.165, 1.54) is 29.0 Å². The second kappa shape index (κ2) is 8.52. The van der Waals surface area contributed by atoms with Crippen molar-refractivity contribution in [2.24, 2.45) is 0 Å². The largest absolute Gasteiger partial charge is 0.486 e. The van der Waals surface area contributed by atoms with Crippen LogP contribution in [0.2, 0.25) is 0 Å². The van der Waals surface area contributed by atoms with Gasteiger partial charge in [0, 0.05) is 12.2 Å². The van der Waals surface area contributed by atoms with Gasteiger partial charge in [0.05, 0.1) is 5.69 Å². The molecule has 4 nitrogen and oxygen atoms in total. The van der Waals surface area contributed by atoms with Crippen LogP contribution in [-0.2, 0) is 6.61 Å². The van der Waals surface area contributed by atoms with Gasteiger partial charge in [-0.25, -0.2) is 9.37 Å². The number of benzene rings is 2. The summed E-state index contributed by atoms with van der Waals surface area (Å²) in [4.78, 5) is 20.0. The highest BCUT2D eigenvalue weighted by atomic mass is 32.1. The van der Waals surface area contributed by atoms with Crippen LogP contribution in [-0.4, -0.2) is 17.4 Å². The quantitative estimate of drug-likeness (QED) is 0.554. The molecule has 3 rings (SSSR count). The number of aromatic nitrogens is 1. The van der Waals surface area contributed by atoms with E-state index in [1.54, 1.807) is 17.0 Å². The van der Waals surface area contributed by atoms with Crippen molar-refractivity contribution < 1.29 is 13.9 Å². The molecule has 0 saturated carbocycles. The van der Waals surface area contributed by atoms with Crippen molar-refractivity contribution in [3.63, 3.8) is 0 Å². The molecule has 0 aliphatic heterocycles. The van der Waals surface area contributed by atoms with Gasteiger partial charge in [-0.05, 0) is 63.6 Å². The Kier molecular flexibility index (Phi) is 6.09. The lowest BCUT2D eigenvalue weighted by Crippen LogP contribution is -2.31. The SMILES string of the molecule is CCN(C(=O)c1sc(COc2ccc(F)cc2)nc1C)c1ccc(C)cc1C. The number of ether oxygens (including phenoxy) is 1. The van der Waals surface area contributed by atoms with E-state index in [2.05, 4.69) is 11.1 Å². The summed E-state index contributed by atoms with van der Waals surface area (Å²) in [6, 6.07) is 11.9. The average Bonchev–Trinajstić information content (AvgIpc) is 3.04. The van der Waals surface area contributed by atoms with Crippen LogP contribution < -0.4 is 9.64 Å². The number of anilines is 1. The molecule has 3 aromatic rings. The zero-order valence-corrected chi connectivity index (χ0v) is 17.3. The number of hydrogen-bond donors (Lipinski definition) is 0. The van der Waals surface area contributed by atoms with E-state index in [4.69, 9.17) is 4.74 Å². The monoisotopic (exact) mass is 398 g/mol. The third-order valence-corrected chi connectivity index (χ3v) is 5.53. The van der Waals surface area contributed by atoms with Gasteiger partial charge in [0.15, 0.2) is 0 Å². The Morgan fingerprint density at radius 2 is 1.86 bits per heavy atom. The predicted molar refractivity (Wildman–Crippen MR) is 111 cm³/mol. The van der Waals surface area contributed by atoms with Crippen molar-refractivity contribution in [2.75, 3.05) is 11.4 Å². The third-order valence-electron chi connectivity index (χ3n) is 4.42. The van der Waals surface area contributed by atoms with Crippen LogP contribution in [0.4, 0.5) is 10.1 Å². The number of amides is 1. The predicted octanol–water partition coefficient (Wildman–Crippen LogP) is 5.45. The molecule has 0 bridgehead atoms. The Balaban J connectivity index is 1.78. The van der Waals surface area contributed by atoms with Gasteiger partial charge in [0.25, 0.3) is 5.91 Å². The zero-order valence-electron chi connectivity index (χ0n) is 16.5. The topological polar surface area (TPSA) is 42.4 Å². The molecule has 0 spiro atoms. The fourth-order valence-corrected chi connectivity index (χ4v) is 3.97. The van der Waals surface area contributed by atoms with Crippen LogP contribution >= 0.6 is 11.3 Å². The van der Waals surface area contributed by atoms with Gasteiger partial charge in [-0.15, -0.1) is 11.3 Å². The molecule has 0 N–H and O–H groups in total. The molecule has 0 atom stereocenters. The van der Waals surface area contributed by atoms with Crippen LogP contribution in [0.25, 0.3) is 0 Å². The molecule has 1 heterocycles. The number of nitrogens with zero attached hydrogens (tertiary/aromatic N) is 2. The summed E-state index contributed by atoms with van der Waals surface area (Å²) < 4.78 is 18.6. The molecular formula is C22H23FN2O2S. The second-order valence-electron chi connectivity index (χ2n) is 6.60. The summed E-state index contributed by atoms with van der Waals surface area (Å²) >= 11 is 1.34. The molecule has 0 fully saturated rings. The molecule has 0 radical (unpaired) electrons. The highest BCUT2D eigenvalue weighted by Crippen LogP contribution is 2.27. The van der Waals surface area contributed by atoms with E-state index in [1.807, 2.05) is 39.8 Å². The van der Waals surface area contributed by atoms with Crippen molar-refractivity contribution in [3.05, 3.63) is 75.0 Å². The molecule has 0 saturated heterocycles. The van der Waals surface area contributed by atoms with Gasteiger partial charge in [-0.2, -0.15) is 0 Å². The Labute approximate surface area is 168 Å². The number of aryl methyl sites for hydroxylation is 3. The van der Waals surface area contributed by atoms with Gasteiger partial charge in [0.1, 0.15) is 28.1 Å². The number of thiazole rings is 1. The minimum absolute atomic E-state index is 0.0579. The smallest absolute Gasteiger partial charge is 0.270 e. The Hall–Kier alpha value is -2.73. The maximum absolute atomic E-state index is 13.2. The van der Waals surface area contributed by atoms with E-state index in [0.717, 1.165) is 11.3 Å². The first-order chi connectivity index (χ1) is 13.4. The lowest BCUT2D eigenvalue weighted by molar-refractivity contribution is 0.0991. The molecule has 1 aromatic heterocycles. The second-order valence-corrected chi connectivity index (χ2v) is 7.69. The number of carbonyl (C=O) groups excluding carboxylic acids is 1. The first-order valence-electron chi connectivity index (χ1n) is 9.12. The van der Waals surface area contributed by atoms with Gasteiger partial charge in [0.2, 0.25) is 0 Å². The summed E-state index contributed by atoms with van der Waals surface area (Å²) in [7, 11) is 0. The van der Waals surface area contributed by atoms with Crippen LogP contribution in [0.15, 0.2) is 42.5 Å². The Morgan fingerprint density at radius 3 is 2.50 bits per heavy atom. The molecule has 2 aromatic carbocycles. The molecule has 146 valence electrons. The number of halogens is 1. The van der Waals surface area contributed by atoms with Gasteiger partial charge in [-0.3, -0.25) is 4.79 Å². The molecule has 0 unspecified atom stereocenters. The maximum Gasteiger partial charge on any atom is 0.270 e. The van der Waals surface area contributed by atoms with Crippen LogP contribution in [0.1, 0.15) is 38.4 Å². The molecule has 0 aliphatic rings. The summed E-state index contributed by atoms with van der Waals surface area (Å²) in [5.74, 6) is 0.196. The van der Waals surface area contributed by atoms with Crippen molar-refractivity contribution in [1.82, 2.24) is 4.98 Å². The Bertz CT molecular complexity index is 983. The fraction of sp³-hybridized carbons (Fsp3) is 0.273. The highest BCUT2D eigenvalue weighted by molar-refractivity contribution is 7.13. The number of carbonyl (C=O) groups is 1. The number of hydrogen-bond acceptors (Lipinski definition) is 4. The van der Waals surface area contributed by atoms with Gasteiger partial charge < -0.3 is 9.64 Å². The standard InChI is InChI=1S/C22H23FN2O2S/c1-5-25(19-11-6-14(2)12-15(19)3)22(26)21-16(4)24-20(28-21)13-27-18-9-7-17(23)8-10-18/h6-12H,5,13H2,1-4H3. The molecule has 1 amide bonds. The summed E-state index contributed by atoms with van der Waals surface area (Å²) in [6.45, 7) is 8.66. The third kappa shape index (κ3) is 4.39. The van der Waals surface area contributed by atoms with E-state index in [0.29, 0.717) is 27.9 Å². The van der Waals surface area contributed by atoms with Crippen molar-refractivity contribution >= 4 is 22.9 Å². The summed E-state index contributed by atoms with van der Waals surface area (Å²) in [5, 5.41) is 0.710. The maximum atomic E-state index is 13.2. The normalized spacial score (nSPS) is 10.8. The lowest BCUT2D eigenvalue weighted by atomic mass is 10.1. The number of rotatable bonds is 6. The van der Waals surface area contributed by atoms with Crippen molar-refractivity contribution in [3.8, 4) is 5.75 Å². The first kappa shape index (κ1) is 20.0. The minimum Gasteiger partial charge on any atom is -0.486 e. The summed E-state index contributed by atoms with van der Waals surface area (Å²) in [6.07, 6.45) is 0. The molecule has 0 aliphatic carbocycles. The average molecular weight is 399 g/mol. The first-order valence-corrected chi connectivity index (χ1v) is 9.94. The van der Waals surface area contributed by atoms with E-state index in [-0.39, 0.29) is 18.3 Å². The lowest BCUT2D eigenvalue weighted by Gasteiger charge is -2.23.